The van der Waals surface area contributed by atoms with Gasteiger partial charge < -0.3 is 0 Å². The van der Waals surface area contributed by atoms with Gasteiger partial charge in [-0.05, 0) is 47.0 Å². The van der Waals surface area contributed by atoms with E-state index >= 15 is 0 Å². The highest BCUT2D eigenvalue weighted by atomic mass is 79.9. The summed E-state index contributed by atoms with van der Waals surface area (Å²) in [5.74, 6) is -0.923. The fourth-order valence-electron chi connectivity index (χ4n) is 2.50. The van der Waals surface area contributed by atoms with Crippen LogP contribution in [0.15, 0.2) is 21.5 Å². The zero-order valence-electron chi connectivity index (χ0n) is 11.4. The molecule has 0 aliphatic heterocycles. The van der Waals surface area contributed by atoms with Crippen molar-refractivity contribution < 1.29 is 17.2 Å². The summed E-state index contributed by atoms with van der Waals surface area (Å²) in [6, 6.07) is 1.32. The van der Waals surface area contributed by atoms with Crippen LogP contribution in [0.2, 0.25) is 0 Å². The van der Waals surface area contributed by atoms with Crippen molar-refractivity contribution in [1.29, 1.82) is 0 Å². The van der Waals surface area contributed by atoms with Gasteiger partial charge in [-0.1, -0.05) is 6.92 Å². The summed E-state index contributed by atoms with van der Waals surface area (Å²) in [4.78, 5) is -0.532. The molecular weight excluding hydrogens is 384 g/mol. The molecule has 1 aliphatic rings. The fraction of sp³-hybridized carbons (Fsp3) is 0.538. The lowest BCUT2D eigenvalue weighted by molar-refractivity contribution is 0.528. The number of halogens is 3. The molecule has 2 unspecified atom stereocenters. The van der Waals surface area contributed by atoms with Gasteiger partial charge in [-0.2, -0.15) is 11.8 Å². The number of sulfonamides is 1. The van der Waals surface area contributed by atoms with Crippen LogP contribution in [0.3, 0.4) is 0 Å². The van der Waals surface area contributed by atoms with Crippen molar-refractivity contribution in [3.8, 4) is 0 Å². The van der Waals surface area contributed by atoms with Gasteiger partial charge in [-0.3, -0.25) is 0 Å². The molecule has 1 fully saturated rings. The molecule has 118 valence electrons. The average molecular weight is 400 g/mol. The summed E-state index contributed by atoms with van der Waals surface area (Å²) in [6.45, 7) is 2.06. The Morgan fingerprint density at radius 2 is 2.10 bits per heavy atom. The van der Waals surface area contributed by atoms with Crippen molar-refractivity contribution in [3.63, 3.8) is 0 Å². The normalized spacial score (nSPS) is 22.7. The van der Waals surface area contributed by atoms with Gasteiger partial charge in [0.25, 0.3) is 0 Å². The molecule has 0 bridgehead atoms. The van der Waals surface area contributed by atoms with E-state index in [2.05, 4.69) is 27.6 Å². The molecule has 0 saturated heterocycles. The maximum absolute atomic E-state index is 13.8. The summed E-state index contributed by atoms with van der Waals surface area (Å²) >= 11 is 4.72. The Morgan fingerprint density at radius 3 is 2.71 bits per heavy atom. The Bertz CT molecular complexity index is 602. The van der Waals surface area contributed by atoms with E-state index in [0.717, 1.165) is 31.1 Å². The van der Waals surface area contributed by atoms with Crippen LogP contribution in [0.4, 0.5) is 8.78 Å². The van der Waals surface area contributed by atoms with Crippen LogP contribution in [0.1, 0.15) is 26.2 Å². The van der Waals surface area contributed by atoms with E-state index in [4.69, 9.17) is 0 Å². The van der Waals surface area contributed by atoms with Crippen molar-refractivity contribution in [2.45, 2.75) is 42.4 Å². The standard InChI is InChI=1S/C13H16BrF2NO2S2/c1-2-20-10-4-3-9(7-10)17-21(18,19)13-11(14)5-8(15)6-12(13)16/h5-6,9-10,17H,2-4,7H2,1H3. The summed E-state index contributed by atoms with van der Waals surface area (Å²) in [5, 5.41) is 0.434. The second kappa shape index (κ2) is 6.93. The van der Waals surface area contributed by atoms with Crippen molar-refractivity contribution >= 4 is 37.7 Å². The van der Waals surface area contributed by atoms with Crippen LogP contribution < -0.4 is 4.72 Å². The zero-order valence-corrected chi connectivity index (χ0v) is 14.6. The van der Waals surface area contributed by atoms with Crippen LogP contribution in [-0.4, -0.2) is 25.5 Å². The third kappa shape index (κ3) is 4.18. The molecule has 1 aromatic rings. The number of benzene rings is 1. The van der Waals surface area contributed by atoms with E-state index in [0.29, 0.717) is 11.3 Å². The second-order valence-electron chi connectivity index (χ2n) is 4.91. The predicted octanol–water partition coefficient (Wildman–Crippen LogP) is 3.68. The monoisotopic (exact) mass is 399 g/mol. The summed E-state index contributed by atoms with van der Waals surface area (Å²) in [6.07, 6.45) is 2.41. The summed E-state index contributed by atoms with van der Waals surface area (Å²) < 4.78 is 53.8. The molecule has 1 aromatic carbocycles. The van der Waals surface area contributed by atoms with Crippen molar-refractivity contribution in [2.75, 3.05) is 5.75 Å². The summed E-state index contributed by atoms with van der Waals surface area (Å²) in [5.41, 5.74) is 0. The van der Waals surface area contributed by atoms with Gasteiger partial charge in [0.1, 0.15) is 16.5 Å². The smallest absolute Gasteiger partial charge is 0.208 e. The maximum Gasteiger partial charge on any atom is 0.244 e. The van der Waals surface area contributed by atoms with Gasteiger partial charge in [0, 0.05) is 21.8 Å². The van der Waals surface area contributed by atoms with E-state index in [9.17, 15) is 17.2 Å². The second-order valence-corrected chi connectivity index (χ2v) is 8.99. The minimum Gasteiger partial charge on any atom is -0.208 e. The van der Waals surface area contributed by atoms with E-state index in [1.165, 1.54) is 0 Å². The molecule has 21 heavy (non-hydrogen) atoms. The Labute approximate surface area is 136 Å². The third-order valence-corrected chi connectivity index (χ3v) is 7.06. The van der Waals surface area contributed by atoms with Gasteiger partial charge in [-0.25, -0.2) is 21.9 Å². The van der Waals surface area contributed by atoms with E-state index in [1.54, 1.807) is 11.8 Å². The molecule has 1 saturated carbocycles. The first-order valence-electron chi connectivity index (χ1n) is 6.62. The van der Waals surface area contributed by atoms with E-state index in [1.807, 2.05) is 0 Å². The van der Waals surface area contributed by atoms with Crippen LogP contribution in [0, 0.1) is 11.6 Å². The Balaban J connectivity index is 2.17. The lowest BCUT2D eigenvalue weighted by Gasteiger charge is -2.15. The summed E-state index contributed by atoms with van der Waals surface area (Å²) in [7, 11) is -4.01. The van der Waals surface area contributed by atoms with Gasteiger partial charge in [-0.15, -0.1) is 0 Å². The first-order valence-corrected chi connectivity index (χ1v) is 9.94. The van der Waals surface area contributed by atoms with Crippen molar-refractivity contribution in [3.05, 3.63) is 28.2 Å². The van der Waals surface area contributed by atoms with E-state index < -0.39 is 26.6 Å². The SMILES string of the molecule is CCSC1CCC(NS(=O)(=O)c2c(F)cc(F)cc2Br)C1. The zero-order chi connectivity index (χ0) is 15.6. The number of nitrogens with one attached hydrogen (secondary N) is 1. The molecule has 2 rings (SSSR count). The Morgan fingerprint density at radius 1 is 1.38 bits per heavy atom. The van der Waals surface area contributed by atoms with Crippen LogP contribution in [0.25, 0.3) is 0 Å². The van der Waals surface area contributed by atoms with Gasteiger partial charge in [0.15, 0.2) is 0 Å². The van der Waals surface area contributed by atoms with Gasteiger partial charge in [0.05, 0.1) is 0 Å². The largest absolute Gasteiger partial charge is 0.244 e. The number of thioether (sulfide) groups is 1. The highest BCUT2D eigenvalue weighted by Gasteiger charge is 2.31. The molecule has 1 N–H and O–H groups in total. The molecular formula is C13H16BrF2NO2S2. The molecule has 0 heterocycles. The average Bonchev–Trinajstić information content (AvgIpc) is 2.74. The van der Waals surface area contributed by atoms with E-state index in [-0.39, 0.29) is 10.5 Å². The van der Waals surface area contributed by atoms with Crippen molar-refractivity contribution in [1.82, 2.24) is 4.72 Å². The molecule has 0 radical (unpaired) electrons. The molecule has 0 aromatic heterocycles. The molecule has 0 amide bonds. The number of hydrogen-bond donors (Lipinski definition) is 1. The van der Waals surface area contributed by atoms with Crippen LogP contribution in [0.5, 0.6) is 0 Å². The number of hydrogen-bond acceptors (Lipinski definition) is 3. The molecule has 1 aliphatic carbocycles. The van der Waals surface area contributed by atoms with Crippen LogP contribution >= 0.6 is 27.7 Å². The molecule has 0 spiro atoms. The lowest BCUT2D eigenvalue weighted by Crippen LogP contribution is -2.34. The first kappa shape index (κ1) is 17.2. The topological polar surface area (TPSA) is 46.2 Å². The van der Waals surface area contributed by atoms with Gasteiger partial charge in [0.2, 0.25) is 10.0 Å². The number of rotatable bonds is 5. The quantitative estimate of drug-likeness (QED) is 0.821. The molecule has 3 nitrogen and oxygen atoms in total. The first-order chi connectivity index (χ1) is 9.83. The lowest BCUT2D eigenvalue weighted by atomic mass is 10.3. The Hall–Kier alpha value is -0.180. The highest BCUT2D eigenvalue weighted by Crippen LogP contribution is 2.32. The van der Waals surface area contributed by atoms with Crippen molar-refractivity contribution in [2.24, 2.45) is 0 Å². The highest BCUT2D eigenvalue weighted by molar-refractivity contribution is 9.10. The minimum atomic E-state index is -4.01. The van der Waals surface area contributed by atoms with Gasteiger partial charge >= 0.3 is 0 Å². The fourth-order valence-corrected chi connectivity index (χ4v) is 6.09. The maximum atomic E-state index is 13.8. The minimum absolute atomic E-state index is 0.106. The molecule has 2 atom stereocenters. The Kier molecular flexibility index (Phi) is 5.67. The molecule has 8 heteroatoms. The van der Waals surface area contributed by atoms with Crippen LogP contribution in [-0.2, 0) is 10.0 Å². The predicted molar refractivity (Wildman–Crippen MR) is 83.9 cm³/mol. The third-order valence-electron chi connectivity index (χ3n) is 3.34.